The summed E-state index contributed by atoms with van der Waals surface area (Å²) in [4.78, 5) is 12.3. The monoisotopic (exact) mass is 380 g/mol. The highest BCUT2D eigenvalue weighted by Crippen LogP contribution is 2.25. The SMILES string of the molecule is CCn1c(SCC(=O)Nc2ccc(C)c(C)c2)nnc1-c1cccc(C)c1. The Balaban J connectivity index is 1.69. The number of hydrogen-bond donors (Lipinski definition) is 1. The van der Waals surface area contributed by atoms with Gasteiger partial charge in [0.15, 0.2) is 11.0 Å². The number of hydrogen-bond acceptors (Lipinski definition) is 4. The second kappa shape index (κ2) is 8.39. The van der Waals surface area contributed by atoms with E-state index in [0.717, 1.165) is 34.3 Å². The molecule has 0 bridgehead atoms. The molecule has 1 heterocycles. The molecule has 0 spiro atoms. The molecule has 0 unspecified atom stereocenters. The lowest BCUT2D eigenvalue weighted by molar-refractivity contribution is -0.113. The van der Waals surface area contributed by atoms with Crippen molar-refractivity contribution in [1.82, 2.24) is 14.8 Å². The standard InChI is InChI=1S/C21H24N4OS/c1-5-25-20(17-8-6-7-14(2)11-17)23-24-21(25)27-13-19(26)22-18-10-9-15(3)16(4)12-18/h6-12H,5,13H2,1-4H3,(H,22,26). The fourth-order valence-corrected chi connectivity index (χ4v) is 3.63. The number of nitrogens with one attached hydrogen (secondary N) is 1. The van der Waals surface area contributed by atoms with Crippen molar-refractivity contribution in [3.8, 4) is 11.4 Å². The van der Waals surface area contributed by atoms with Gasteiger partial charge in [-0.05, 0) is 57.0 Å². The summed E-state index contributed by atoms with van der Waals surface area (Å²) in [7, 11) is 0. The largest absolute Gasteiger partial charge is 0.325 e. The summed E-state index contributed by atoms with van der Waals surface area (Å²) in [5.41, 5.74) is 5.41. The van der Waals surface area contributed by atoms with E-state index >= 15 is 0 Å². The molecular formula is C21H24N4OS. The Morgan fingerprint density at radius 1 is 1.07 bits per heavy atom. The maximum atomic E-state index is 12.3. The highest BCUT2D eigenvalue weighted by Gasteiger charge is 2.15. The fraction of sp³-hybridized carbons (Fsp3) is 0.286. The normalized spacial score (nSPS) is 10.8. The molecule has 0 aliphatic heterocycles. The number of carbonyl (C=O) groups is 1. The topological polar surface area (TPSA) is 59.8 Å². The molecule has 3 aromatic rings. The number of aryl methyl sites for hydroxylation is 3. The number of anilines is 1. The van der Waals surface area contributed by atoms with Crippen molar-refractivity contribution in [2.75, 3.05) is 11.1 Å². The molecule has 3 rings (SSSR count). The Morgan fingerprint density at radius 2 is 1.89 bits per heavy atom. The molecule has 5 nitrogen and oxygen atoms in total. The van der Waals surface area contributed by atoms with Crippen LogP contribution in [0.2, 0.25) is 0 Å². The van der Waals surface area contributed by atoms with Gasteiger partial charge in [0.1, 0.15) is 0 Å². The molecule has 27 heavy (non-hydrogen) atoms. The molecule has 0 aliphatic carbocycles. The van der Waals surface area contributed by atoms with Crippen LogP contribution < -0.4 is 5.32 Å². The second-order valence-electron chi connectivity index (χ2n) is 6.56. The van der Waals surface area contributed by atoms with Gasteiger partial charge in [0.05, 0.1) is 5.75 Å². The van der Waals surface area contributed by atoms with Crippen LogP contribution >= 0.6 is 11.8 Å². The van der Waals surface area contributed by atoms with Gasteiger partial charge in [0.25, 0.3) is 0 Å². The molecule has 6 heteroatoms. The van der Waals surface area contributed by atoms with Crippen molar-refractivity contribution < 1.29 is 4.79 Å². The molecule has 0 aliphatic rings. The molecule has 1 aromatic heterocycles. The lowest BCUT2D eigenvalue weighted by atomic mass is 10.1. The summed E-state index contributed by atoms with van der Waals surface area (Å²) in [5, 5.41) is 12.3. The first-order valence-corrected chi connectivity index (χ1v) is 9.96. The number of benzene rings is 2. The van der Waals surface area contributed by atoms with E-state index in [1.54, 1.807) is 0 Å². The van der Waals surface area contributed by atoms with Crippen LogP contribution in [0, 0.1) is 20.8 Å². The summed E-state index contributed by atoms with van der Waals surface area (Å²) in [6.45, 7) is 8.96. The molecule has 0 saturated carbocycles. The van der Waals surface area contributed by atoms with Crippen LogP contribution in [-0.2, 0) is 11.3 Å². The zero-order valence-corrected chi connectivity index (χ0v) is 16.9. The molecule has 0 atom stereocenters. The first-order valence-electron chi connectivity index (χ1n) is 8.98. The van der Waals surface area contributed by atoms with E-state index in [0.29, 0.717) is 5.75 Å². The Hall–Kier alpha value is -2.60. The molecule has 1 amide bonds. The van der Waals surface area contributed by atoms with Crippen molar-refractivity contribution >= 4 is 23.4 Å². The Morgan fingerprint density at radius 3 is 2.59 bits per heavy atom. The summed E-state index contributed by atoms with van der Waals surface area (Å²) in [5.74, 6) is 1.07. The lowest BCUT2D eigenvalue weighted by Crippen LogP contribution is -2.14. The predicted octanol–water partition coefficient (Wildman–Crippen LogP) is 4.62. The third-order valence-corrected chi connectivity index (χ3v) is 5.40. The fourth-order valence-electron chi connectivity index (χ4n) is 2.82. The van der Waals surface area contributed by atoms with Crippen LogP contribution in [-0.4, -0.2) is 26.4 Å². The number of rotatable bonds is 6. The molecule has 0 saturated heterocycles. The van der Waals surface area contributed by atoms with E-state index < -0.39 is 0 Å². The molecular weight excluding hydrogens is 356 g/mol. The lowest BCUT2D eigenvalue weighted by Gasteiger charge is -2.09. The smallest absolute Gasteiger partial charge is 0.234 e. The van der Waals surface area contributed by atoms with Crippen LogP contribution in [0.15, 0.2) is 47.6 Å². The predicted molar refractivity (Wildman–Crippen MR) is 111 cm³/mol. The minimum absolute atomic E-state index is 0.0500. The third kappa shape index (κ3) is 4.57. The van der Waals surface area contributed by atoms with Crippen LogP contribution in [0.5, 0.6) is 0 Å². The summed E-state index contributed by atoms with van der Waals surface area (Å²) in [6.07, 6.45) is 0. The van der Waals surface area contributed by atoms with Gasteiger partial charge in [-0.2, -0.15) is 0 Å². The van der Waals surface area contributed by atoms with Crippen LogP contribution in [0.3, 0.4) is 0 Å². The molecule has 140 valence electrons. The van der Waals surface area contributed by atoms with Crippen molar-refractivity contribution in [3.63, 3.8) is 0 Å². The Kier molecular flexibility index (Phi) is 5.96. The maximum Gasteiger partial charge on any atom is 0.234 e. The highest BCUT2D eigenvalue weighted by atomic mass is 32.2. The summed E-state index contributed by atoms with van der Waals surface area (Å²) >= 11 is 1.40. The van der Waals surface area contributed by atoms with E-state index in [-0.39, 0.29) is 5.91 Å². The Labute approximate surface area is 164 Å². The number of amides is 1. The zero-order chi connectivity index (χ0) is 19.4. The highest BCUT2D eigenvalue weighted by molar-refractivity contribution is 7.99. The van der Waals surface area contributed by atoms with Crippen LogP contribution in [0.1, 0.15) is 23.6 Å². The van der Waals surface area contributed by atoms with Gasteiger partial charge in [-0.3, -0.25) is 4.79 Å². The van der Waals surface area contributed by atoms with E-state index in [4.69, 9.17) is 0 Å². The van der Waals surface area contributed by atoms with Gasteiger partial charge < -0.3 is 9.88 Å². The average Bonchev–Trinajstić information content (AvgIpc) is 3.06. The molecule has 1 N–H and O–H groups in total. The van der Waals surface area contributed by atoms with Crippen molar-refractivity contribution in [3.05, 3.63) is 59.2 Å². The van der Waals surface area contributed by atoms with Gasteiger partial charge in [-0.1, -0.05) is 41.6 Å². The van der Waals surface area contributed by atoms with Crippen LogP contribution in [0.4, 0.5) is 5.69 Å². The van der Waals surface area contributed by atoms with Gasteiger partial charge in [-0.25, -0.2) is 0 Å². The number of aromatic nitrogens is 3. The first kappa shape index (κ1) is 19.2. The van der Waals surface area contributed by atoms with Gasteiger partial charge in [-0.15, -0.1) is 10.2 Å². The third-order valence-electron chi connectivity index (χ3n) is 4.43. The van der Waals surface area contributed by atoms with Crippen LogP contribution in [0.25, 0.3) is 11.4 Å². The molecule has 0 fully saturated rings. The molecule has 2 aromatic carbocycles. The first-order chi connectivity index (χ1) is 13.0. The minimum atomic E-state index is -0.0500. The van der Waals surface area contributed by atoms with Gasteiger partial charge in [0.2, 0.25) is 5.91 Å². The second-order valence-corrected chi connectivity index (χ2v) is 7.50. The zero-order valence-electron chi connectivity index (χ0n) is 16.1. The van der Waals surface area contributed by atoms with E-state index in [1.807, 2.05) is 41.8 Å². The van der Waals surface area contributed by atoms with Gasteiger partial charge in [0, 0.05) is 17.8 Å². The van der Waals surface area contributed by atoms with Gasteiger partial charge >= 0.3 is 0 Å². The van der Waals surface area contributed by atoms with Crippen molar-refractivity contribution in [1.29, 1.82) is 0 Å². The summed E-state index contributed by atoms with van der Waals surface area (Å²) in [6, 6.07) is 14.1. The quantitative estimate of drug-likeness (QED) is 0.634. The van der Waals surface area contributed by atoms with Crippen molar-refractivity contribution in [2.45, 2.75) is 39.4 Å². The van der Waals surface area contributed by atoms with E-state index in [9.17, 15) is 4.79 Å². The average molecular weight is 381 g/mol. The maximum absolute atomic E-state index is 12.3. The molecule has 0 radical (unpaired) electrons. The van der Waals surface area contributed by atoms with E-state index in [1.165, 1.54) is 22.9 Å². The van der Waals surface area contributed by atoms with E-state index in [2.05, 4.69) is 48.4 Å². The number of nitrogens with zero attached hydrogens (tertiary/aromatic N) is 3. The summed E-state index contributed by atoms with van der Waals surface area (Å²) < 4.78 is 2.04. The van der Waals surface area contributed by atoms with Crippen molar-refractivity contribution in [2.24, 2.45) is 0 Å². The minimum Gasteiger partial charge on any atom is -0.325 e. The number of carbonyl (C=O) groups excluding carboxylic acids is 1. The number of thioether (sulfide) groups is 1. The Bertz CT molecular complexity index is 965.